The number of unbranched alkanes of at least 4 members (excludes halogenated alkanes) is 2. The monoisotopic (exact) mass is 630 g/mol. The summed E-state index contributed by atoms with van der Waals surface area (Å²) in [4.78, 5) is 14.8. The SMILES string of the molecule is C=C/C(=C\C(=C/C)CC(=C)N(C)C(=C)SC(=C)CCCC/C(N)=C/C=C(\N)NC(=O)C/C(C)=C/C)CS(=O)(=O)CCCC. The van der Waals surface area contributed by atoms with E-state index in [4.69, 9.17) is 11.5 Å². The quantitative estimate of drug-likeness (QED) is 0.0644. The van der Waals surface area contributed by atoms with Crippen molar-refractivity contribution in [2.75, 3.05) is 18.6 Å². The van der Waals surface area contributed by atoms with Gasteiger partial charge < -0.3 is 21.7 Å². The molecule has 43 heavy (non-hydrogen) atoms. The Hall–Kier alpha value is -3.17. The van der Waals surface area contributed by atoms with Crippen molar-refractivity contribution < 1.29 is 13.2 Å². The smallest absolute Gasteiger partial charge is 0.229 e. The average molecular weight is 631 g/mol. The van der Waals surface area contributed by atoms with Crippen LogP contribution in [0.25, 0.3) is 0 Å². The molecule has 0 aromatic rings. The van der Waals surface area contributed by atoms with E-state index in [9.17, 15) is 13.2 Å². The highest BCUT2D eigenvalue weighted by molar-refractivity contribution is 8.06. The molecule has 0 heterocycles. The topological polar surface area (TPSA) is 119 Å². The second-order valence-electron chi connectivity index (χ2n) is 10.5. The van der Waals surface area contributed by atoms with Gasteiger partial charge in [0.1, 0.15) is 5.82 Å². The molecule has 0 radical (unpaired) electrons. The summed E-state index contributed by atoms with van der Waals surface area (Å²) >= 11 is 1.52. The largest absolute Gasteiger partial charge is 0.402 e. The van der Waals surface area contributed by atoms with Crippen LogP contribution in [0.5, 0.6) is 0 Å². The normalized spacial score (nSPS) is 13.5. The van der Waals surface area contributed by atoms with E-state index in [1.165, 1.54) is 11.8 Å². The molecular formula is C34H54N4O3S2. The van der Waals surface area contributed by atoms with E-state index in [-0.39, 0.29) is 23.2 Å². The highest BCUT2D eigenvalue weighted by Gasteiger charge is 2.14. The van der Waals surface area contributed by atoms with Gasteiger partial charge in [0.2, 0.25) is 5.91 Å². The Morgan fingerprint density at radius 1 is 0.977 bits per heavy atom. The minimum absolute atomic E-state index is 0.0141. The first kappa shape index (κ1) is 39.8. The molecular weight excluding hydrogens is 577 g/mol. The summed E-state index contributed by atoms with van der Waals surface area (Å²) in [7, 11) is -1.25. The number of carbonyl (C=O) groups is 1. The van der Waals surface area contributed by atoms with Gasteiger partial charge in [-0.2, -0.15) is 0 Å². The summed E-state index contributed by atoms with van der Waals surface area (Å²) in [6.07, 6.45) is 16.4. The molecule has 240 valence electrons. The Bertz CT molecular complexity index is 1250. The number of hydrogen-bond donors (Lipinski definition) is 3. The lowest BCUT2D eigenvalue weighted by molar-refractivity contribution is -0.119. The van der Waals surface area contributed by atoms with Crippen LogP contribution >= 0.6 is 11.8 Å². The molecule has 0 saturated carbocycles. The molecule has 0 aromatic carbocycles. The minimum Gasteiger partial charge on any atom is -0.402 e. The summed E-state index contributed by atoms with van der Waals surface area (Å²) in [6.45, 7) is 24.1. The van der Waals surface area contributed by atoms with E-state index < -0.39 is 9.84 Å². The molecule has 1 amide bonds. The Kier molecular flexibility index (Phi) is 19.9. The van der Waals surface area contributed by atoms with E-state index in [0.717, 1.165) is 52.5 Å². The van der Waals surface area contributed by atoms with Gasteiger partial charge in [-0.1, -0.05) is 81.3 Å². The number of amides is 1. The summed E-state index contributed by atoms with van der Waals surface area (Å²) in [5.41, 5.74) is 16.1. The fourth-order valence-corrected chi connectivity index (χ4v) is 6.10. The van der Waals surface area contributed by atoms with Gasteiger partial charge in [-0.05, 0) is 81.1 Å². The zero-order chi connectivity index (χ0) is 33.0. The van der Waals surface area contributed by atoms with Gasteiger partial charge in [-0.25, -0.2) is 8.42 Å². The van der Waals surface area contributed by atoms with Crippen LogP contribution in [-0.2, 0) is 14.6 Å². The lowest BCUT2D eigenvalue weighted by Gasteiger charge is -2.24. The first-order chi connectivity index (χ1) is 20.2. The fourth-order valence-electron chi connectivity index (χ4n) is 3.67. The van der Waals surface area contributed by atoms with Crippen molar-refractivity contribution >= 4 is 27.5 Å². The Balaban J connectivity index is 4.76. The molecule has 0 aliphatic carbocycles. The van der Waals surface area contributed by atoms with E-state index in [0.29, 0.717) is 37.0 Å². The van der Waals surface area contributed by atoms with Gasteiger partial charge in [0.25, 0.3) is 0 Å². The van der Waals surface area contributed by atoms with E-state index >= 15 is 0 Å². The van der Waals surface area contributed by atoms with Gasteiger partial charge in [-0.3, -0.25) is 4.79 Å². The zero-order valence-electron chi connectivity index (χ0n) is 27.0. The Morgan fingerprint density at radius 3 is 2.21 bits per heavy atom. The third-order valence-corrected chi connectivity index (χ3v) is 9.27. The van der Waals surface area contributed by atoms with Crippen LogP contribution in [-0.4, -0.2) is 37.8 Å². The first-order valence-electron chi connectivity index (χ1n) is 14.7. The lowest BCUT2D eigenvalue weighted by Crippen LogP contribution is -2.27. The van der Waals surface area contributed by atoms with Gasteiger partial charge >= 0.3 is 0 Å². The fraction of sp³-hybridized carbons (Fsp3) is 0.441. The molecule has 0 saturated heterocycles. The highest BCUT2D eigenvalue weighted by Crippen LogP contribution is 2.31. The third-order valence-electron chi connectivity index (χ3n) is 6.58. The summed E-state index contributed by atoms with van der Waals surface area (Å²) in [5.74, 6) is 0.278. The molecule has 0 rings (SSSR count). The molecule has 0 bridgehead atoms. The van der Waals surface area contributed by atoms with Crippen molar-refractivity contribution in [3.05, 3.63) is 107 Å². The number of nitrogens with zero attached hydrogens (tertiary/aromatic N) is 1. The predicted octanol–water partition coefficient (Wildman–Crippen LogP) is 7.49. The number of allylic oxidation sites excluding steroid dienone is 9. The number of nitrogens with two attached hydrogens (primary N) is 2. The van der Waals surface area contributed by atoms with Crippen molar-refractivity contribution in [1.82, 2.24) is 10.2 Å². The zero-order valence-corrected chi connectivity index (χ0v) is 28.6. The van der Waals surface area contributed by atoms with Crippen molar-refractivity contribution in [2.45, 2.75) is 79.1 Å². The number of sulfone groups is 1. The summed E-state index contributed by atoms with van der Waals surface area (Å²) in [6, 6.07) is 0. The van der Waals surface area contributed by atoms with Gasteiger partial charge in [0.15, 0.2) is 9.84 Å². The van der Waals surface area contributed by atoms with Gasteiger partial charge in [-0.15, -0.1) is 0 Å². The second-order valence-corrected chi connectivity index (χ2v) is 13.9. The highest BCUT2D eigenvalue weighted by atomic mass is 32.2. The van der Waals surface area contributed by atoms with Gasteiger partial charge in [0.05, 0.1) is 16.5 Å². The molecule has 0 aromatic heterocycles. The first-order valence-corrected chi connectivity index (χ1v) is 17.3. The van der Waals surface area contributed by atoms with Crippen molar-refractivity contribution in [1.29, 1.82) is 0 Å². The van der Waals surface area contributed by atoms with Crippen molar-refractivity contribution in [3.63, 3.8) is 0 Å². The number of hydrogen-bond acceptors (Lipinski definition) is 7. The van der Waals surface area contributed by atoms with Crippen molar-refractivity contribution in [2.24, 2.45) is 11.5 Å². The number of thioether (sulfide) groups is 1. The van der Waals surface area contributed by atoms with Crippen LogP contribution in [0.2, 0.25) is 0 Å². The maximum Gasteiger partial charge on any atom is 0.229 e. The minimum atomic E-state index is -3.17. The number of nitrogens with one attached hydrogen (secondary N) is 1. The van der Waals surface area contributed by atoms with E-state index in [1.807, 2.05) is 57.9 Å². The Labute approximate surface area is 265 Å². The van der Waals surface area contributed by atoms with Gasteiger partial charge in [0, 0.05) is 31.3 Å². The molecule has 0 spiro atoms. The van der Waals surface area contributed by atoms with Crippen LogP contribution in [0.3, 0.4) is 0 Å². The van der Waals surface area contributed by atoms with Crippen LogP contribution in [0.4, 0.5) is 0 Å². The number of rotatable bonds is 22. The van der Waals surface area contributed by atoms with Crippen molar-refractivity contribution in [3.8, 4) is 0 Å². The molecule has 0 aliphatic heterocycles. The molecule has 0 aliphatic rings. The molecule has 0 atom stereocenters. The van der Waals surface area contributed by atoms with Crippen LogP contribution < -0.4 is 16.8 Å². The molecule has 7 nitrogen and oxygen atoms in total. The summed E-state index contributed by atoms with van der Waals surface area (Å²) in [5, 5.41) is 3.46. The molecule has 5 N–H and O–H groups in total. The number of carbonyl (C=O) groups excluding carboxylic acids is 1. The molecule has 0 fully saturated rings. The van der Waals surface area contributed by atoms with E-state index in [1.54, 1.807) is 18.2 Å². The molecule has 9 heteroatoms. The lowest BCUT2D eigenvalue weighted by atomic mass is 10.1. The Morgan fingerprint density at radius 2 is 1.63 bits per heavy atom. The summed E-state index contributed by atoms with van der Waals surface area (Å²) < 4.78 is 24.8. The van der Waals surface area contributed by atoms with Crippen LogP contribution in [0.1, 0.15) is 79.1 Å². The maximum atomic E-state index is 12.4. The van der Waals surface area contributed by atoms with Crippen LogP contribution in [0, 0.1) is 0 Å². The average Bonchev–Trinajstić information content (AvgIpc) is 2.95. The third kappa shape index (κ3) is 18.9. The van der Waals surface area contributed by atoms with E-state index in [2.05, 4.69) is 31.6 Å². The van der Waals surface area contributed by atoms with Crippen LogP contribution in [0.15, 0.2) is 107 Å². The molecule has 0 unspecified atom stereocenters. The standard InChI is InChI=1S/C34H54N4O3S2/c1-10-14-21-43(40,41)25-31(13-4)24-30(12-3)23-27(6)38(9)29(8)42-28(7)17-15-16-18-32(35)19-20-33(36)37-34(39)22-26(5)11-2/h11-13,19-20,24H,4,6-8,10,14-18,21-23,25,35-36H2,1-3,5,9H3,(H,37,39)/b26-11+,30-12-,31-24+,32-19-,33-20+. The second kappa shape index (κ2) is 21.5. The predicted molar refractivity (Wildman–Crippen MR) is 188 cm³/mol. The maximum absolute atomic E-state index is 12.4.